The number of nitrogens with zero attached hydrogens (tertiary/aromatic N) is 2. The van der Waals surface area contributed by atoms with Crippen LogP contribution in [0.3, 0.4) is 0 Å². The summed E-state index contributed by atoms with van der Waals surface area (Å²) in [7, 11) is 1.33. The summed E-state index contributed by atoms with van der Waals surface area (Å²) < 4.78 is 6.20. The third-order valence-electron chi connectivity index (χ3n) is 3.54. The van der Waals surface area contributed by atoms with E-state index in [0.29, 0.717) is 10.7 Å². The number of para-hydroxylation sites is 1. The summed E-state index contributed by atoms with van der Waals surface area (Å²) >= 11 is 5.88. The van der Waals surface area contributed by atoms with Crippen LogP contribution >= 0.6 is 11.6 Å². The predicted octanol–water partition coefficient (Wildman–Crippen LogP) is 2.85. The molecule has 0 aliphatic carbocycles. The Balaban J connectivity index is 2.04. The number of phenolic OH excluding ortho intramolecular Hbond substituents is 1. The highest BCUT2D eigenvalue weighted by atomic mass is 35.5. The van der Waals surface area contributed by atoms with Gasteiger partial charge in [0, 0.05) is 5.02 Å². The van der Waals surface area contributed by atoms with Crippen molar-refractivity contribution >= 4 is 23.2 Å². The fraction of sp³-hybridized carbons (Fsp3) is 0.0556. The molecule has 0 aliphatic heterocycles. The molecule has 2 aromatic carbocycles. The number of carbonyl (C=O) groups is 1. The molecule has 0 bridgehead atoms. The average Bonchev–Trinajstić information content (AvgIpc) is 2.65. The van der Waals surface area contributed by atoms with Gasteiger partial charge in [0.15, 0.2) is 11.4 Å². The second kappa shape index (κ2) is 7.28. The minimum Gasteiger partial charge on any atom is -0.506 e. The van der Waals surface area contributed by atoms with Crippen molar-refractivity contribution in [2.45, 2.75) is 0 Å². The molecule has 0 fully saturated rings. The largest absolute Gasteiger partial charge is 0.506 e. The molecular formula is C18H14ClN3O4. The molecule has 0 saturated carbocycles. The average molecular weight is 372 g/mol. The number of aromatic hydroxyl groups is 1. The van der Waals surface area contributed by atoms with Crippen LogP contribution in [-0.4, -0.2) is 27.9 Å². The molecule has 0 saturated heterocycles. The van der Waals surface area contributed by atoms with Gasteiger partial charge < -0.3 is 15.2 Å². The summed E-state index contributed by atoms with van der Waals surface area (Å²) in [5.74, 6) is -0.802. The number of methoxy groups -OCH3 is 1. The summed E-state index contributed by atoms with van der Waals surface area (Å²) in [4.78, 5) is 24.9. The minimum absolute atomic E-state index is 0.0150. The summed E-state index contributed by atoms with van der Waals surface area (Å²) in [5.41, 5.74) is 0.0501. The van der Waals surface area contributed by atoms with Crippen LogP contribution < -0.4 is 15.6 Å². The van der Waals surface area contributed by atoms with Crippen molar-refractivity contribution in [3.05, 3.63) is 75.7 Å². The van der Waals surface area contributed by atoms with Crippen LogP contribution in [0.4, 0.5) is 5.69 Å². The van der Waals surface area contributed by atoms with Crippen LogP contribution in [0.5, 0.6) is 11.5 Å². The van der Waals surface area contributed by atoms with Gasteiger partial charge in [0.05, 0.1) is 24.6 Å². The van der Waals surface area contributed by atoms with Crippen molar-refractivity contribution in [3.63, 3.8) is 0 Å². The van der Waals surface area contributed by atoms with Crippen molar-refractivity contribution in [2.24, 2.45) is 0 Å². The summed E-state index contributed by atoms with van der Waals surface area (Å²) in [6.45, 7) is 0. The molecule has 1 aromatic heterocycles. The second-order valence-corrected chi connectivity index (χ2v) is 5.70. The van der Waals surface area contributed by atoms with Gasteiger partial charge in [-0.1, -0.05) is 29.8 Å². The Labute approximate surface area is 153 Å². The van der Waals surface area contributed by atoms with Crippen LogP contribution in [-0.2, 0) is 0 Å². The molecule has 1 amide bonds. The molecule has 3 aromatic rings. The zero-order valence-electron chi connectivity index (χ0n) is 13.6. The number of benzene rings is 2. The molecule has 132 valence electrons. The number of carbonyl (C=O) groups excluding carboxylic acids is 1. The molecule has 1 heterocycles. The van der Waals surface area contributed by atoms with E-state index in [2.05, 4.69) is 10.4 Å². The molecule has 8 heteroatoms. The van der Waals surface area contributed by atoms with Crippen molar-refractivity contribution in [2.75, 3.05) is 12.4 Å². The third-order valence-corrected chi connectivity index (χ3v) is 3.77. The first-order valence-electron chi connectivity index (χ1n) is 7.53. The number of aromatic nitrogens is 2. The number of amides is 1. The van der Waals surface area contributed by atoms with Crippen LogP contribution in [0.15, 0.2) is 59.4 Å². The van der Waals surface area contributed by atoms with Gasteiger partial charge in [-0.25, -0.2) is 0 Å². The highest BCUT2D eigenvalue weighted by Gasteiger charge is 2.19. The second-order valence-electron chi connectivity index (χ2n) is 5.26. The topological polar surface area (TPSA) is 93.5 Å². The predicted molar refractivity (Wildman–Crippen MR) is 97.5 cm³/mol. The molecule has 0 radical (unpaired) electrons. The number of anilines is 1. The lowest BCUT2D eigenvalue weighted by Crippen LogP contribution is -2.26. The highest BCUT2D eigenvalue weighted by Crippen LogP contribution is 2.27. The minimum atomic E-state index is -0.663. The lowest BCUT2D eigenvalue weighted by molar-refractivity contribution is 0.101. The van der Waals surface area contributed by atoms with Gasteiger partial charge in [-0.15, -0.1) is 0 Å². The highest BCUT2D eigenvalue weighted by molar-refractivity contribution is 6.31. The summed E-state index contributed by atoms with van der Waals surface area (Å²) in [6, 6.07) is 14.1. The van der Waals surface area contributed by atoms with E-state index in [4.69, 9.17) is 16.3 Å². The first kappa shape index (κ1) is 17.5. The number of halogens is 1. The van der Waals surface area contributed by atoms with E-state index < -0.39 is 11.5 Å². The number of hydrogen-bond donors (Lipinski definition) is 2. The van der Waals surface area contributed by atoms with Crippen molar-refractivity contribution in [3.8, 4) is 17.2 Å². The number of phenols is 1. The smallest absolute Gasteiger partial charge is 0.280 e. The first-order chi connectivity index (χ1) is 12.5. The van der Waals surface area contributed by atoms with Gasteiger partial charge in [-0.2, -0.15) is 9.78 Å². The molecule has 7 nitrogen and oxygen atoms in total. The molecule has 0 unspecified atom stereocenters. The van der Waals surface area contributed by atoms with Gasteiger partial charge in [0.2, 0.25) is 0 Å². The van der Waals surface area contributed by atoms with Gasteiger partial charge >= 0.3 is 0 Å². The van der Waals surface area contributed by atoms with Crippen molar-refractivity contribution < 1.29 is 14.6 Å². The number of hydrogen-bond acceptors (Lipinski definition) is 5. The van der Waals surface area contributed by atoms with E-state index >= 15 is 0 Å². The maximum absolute atomic E-state index is 12.6. The van der Waals surface area contributed by atoms with Crippen LogP contribution in [0.2, 0.25) is 5.02 Å². The van der Waals surface area contributed by atoms with Crippen LogP contribution in [0.1, 0.15) is 10.5 Å². The Morgan fingerprint density at radius 1 is 1.19 bits per heavy atom. The summed E-state index contributed by atoms with van der Waals surface area (Å²) in [5, 5.41) is 16.8. The lowest BCUT2D eigenvalue weighted by Gasteiger charge is -2.12. The van der Waals surface area contributed by atoms with Crippen molar-refractivity contribution in [1.29, 1.82) is 0 Å². The van der Waals surface area contributed by atoms with E-state index in [1.54, 1.807) is 30.3 Å². The zero-order chi connectivity index (χ0) is 18.7. The Morgan fingerprint density at radius 3 is 2.62 bits per heavy atom. The Bertz CT molecular complexity index is 1020. The Hall–Kier alpha value is -3.32. The van der Waals surface area contributed by atoms with E-state index in [0.717, 1.165) is 4.68 Å². The SMILES string of the molecule is COc1cc(=O)n(-c2ccccc2)nc1C(=O)Nc1cc(Cl)ccc1O. The molecule has 0 atom stereocenters. The van der Waals surface area contributed by atoms with Gasteiger partial charge in [-0.05, 0) is 30.3 Å². The first-order valence-corrected chi connectivity index (χ1v) is 7.91. The fourth-order valence-electron chi connectivity index (χ4n) is 2.30. The van der Waals surface area contributed by atoms with Gasteiger partial charge in [-0.3, -0.25) is 9.59 Å². The fourth-order valence-corrected chi connectivity index (χ4v) is 2.47. The monoisotopic (exact) mass is 371 g/mol. The number of ether oxygens (including phenoxy) is 1. The van der Waals surface area contributed by atoms with E-state index in [1.807, 2.05) is 0 Å². The molecule has 3 rings (SSSR count). The van der Waals surface area contributed by atoms with E-state index in [1.165, 1.54) is 31.4 Å². The molecule has 26 heavy (non-hydrogen) atoms. The zero-order valence-corrected chi connectivity index (χ0v) is 14.4. The standard InChI is InChI=1S/C18H14ClN3O4/c1-26-15-10-16(24)22(12-5-3-2-4-6-12)21-17(15)18(25)20-13-9-11(19)7-8-14(13)23/h2-10,23H,1H3,(H,20,25). The van der Waals surface area contributed by atoms with Gasteiger partial charge in [0.1, 0.15) is 5.75 Å². The quantitative estimate of drug-likeness (QED) is 0.688. The number of rotatable bonds is 4. The number of nitrogens with one attached hydrogen (secondary N) is 1. The Kier molecular flexibility index (Phi) is 4.90. The molecule has 0 spiro atoms. The van der Waals surface area contributed by atoms with Gasteiger partial charge in [0.25, 0.3) is 11.5 Å². The Morgan fingerprint density at radius 2 is 1.92 bits per heavy atom. The molecule has 2 N–H and O–H groups in total. The third kappa shape index (κ3) is 3.52. The summed E-state index contributed by atoms with van der Waals surface area (Å²) in [6.07, 6.45) is 0. The normalized spacial score (nSPS) is 10.4. The van der Waals surface area contributed by atoms with E-state index in [-0.39, 0.29) is 22.9 Å². The van der Waals surface area contributed by atoms with Crippen LogP contribution in [0, 0.1) is 0 Å². The lowest BCUT2D eigenvalue weighted by atomic mass is 10.2. The maximum Gasteiger partial charge on any atom is 0.280 e. The van der Waals surface area contributed by atoms with Crippen molar-refractivity contribution in [1.82, 2.24) is 9.78 Å². The van der Waals surface area contributed by atoms with E-state index in [9.17, 15) is 14.7 Å². The van der Waals surface area contributed by atoms with Crippen LogP contribution in [0.25, 0.3) is 5.69 Å². The maximum atomic E-state index is 12.6. The molecular weight excluding hydrogens is 358 g/mol. The molecule has 0 aliphatic rings.